The number of aromatic nitrogens is 1. The lowest BCUT2D eigenvalue weighted by molar-refractivity contribution is -0.141. The first-order chi connectivity index (χ1) is 12.8. The minimum atomic E-state index is -0.991. The van der Waals surface area contributed by atoms with Crippen LogP contribution in [-0.4, -0.2) is 52.0 Å². The molecule has 2 bridgehead atoms. The van der Waals surface area contributed by atoms with Gasteiger partial charge in [-0.3, -0.25) is 9.88 Å². The van der Waals surface area contributed by atoms with Crippen LogP contribution in [0.4, 0.5) is 4.79 Å². The first kappa shape index (κ1) is 18.2. The van der Waals surface area contributed by atoms with E-state index in [1.165, 1.54) is 0 Å². The van der Waals surface area contributed by atoms with E-state index in [1.807, 2.05) is 51.2 Å². The molecular formula is C21H26N2O4. The smallest absolute Gasteiger partial charge is 0.410 e. The molecule has 6 heteroatoms. The van der Waals surface area contributed by atoms with Crippen molar-refractivity contribution in [3.8, 4) is 0 Å². The standard InChI is InChI=1S/C21H26N2O4/c1-20(2,3)27-19(24)23-17-9-21(25,10-18(23)13-26-12-17)16-5-4-15-11-22-7-6-14(15)8-16/h4-8,11,17-18,25H,9-10,12-13H2,1-3H3. The number of pyridine rings is 1. The Labute approximate surface area is 159 Å². The zero-order chi connectivity index (χ0) is 19.2. The Balaban J connectivity index is 1.62. The van der Waals surface area contributed by atoms with Gasteiger partial charge >= 0.3 is 6.09 Å². The number of hydrogen-bond donors (Lipinski definition) is 1. The van der Waals surface area contributed by atoms with Crippen LogP contribution >= 0.6 is 0 Å². The van der Waals surface area contributed by atoms with Gasteiger partial charge in [0.15, 0.2) is 0 Å². The normalized spacial score (nSPS) is 28.2. The summed E-state index contributed by atoms with van der Waals surface area (Å²) in [7, 11) is 0. The van der Waals surface area contributed by atoms with Crippen LogP contribution in [0.3, 0.4) is 0 Å². The van der Waals surface area contributed by atoms with Crippen molar-refractivity contribution < 1.29 is 19.4 Å². The van der Waals surface area contributed by atoms with Gasteiger partial charge in [0, 0.05) is 30.6 Å². The minimum absolute atomic E-state index is 0.203. The number of ether oxygens (including phenoxy) is 2. The van der Waals surface area contributed by atoms with Gasteiger partial charge in [0.05, 0.1) is 30.9 Å². The third kappa shape index (κ3) is 3.51. The van der Waals surface area contributed by atoms with Gasteiger partial charge in [0.1, 0.15) is 5.60 Å². The van der Waals surface area contributed by atoms with Gasteiger partial charge in [0.25, 0.3) is 0 Å². The molecule has 2 unspecified atom stereocenters. The van der Waals surface area contributed by atoms with Crippen molar-refractivity contribution in [2.24, 2.45) is 0 Å². The molecule has 2 fully saturated rings. The summed E-state index contributed by atoms with van der Waals surface area (Å²) in [5.41, 5.74) is -0.663. The highest BCUT2D eigenvalue weighted by atomic mass is 16.6. The van der Waals surface area contributed by atoms with Gasteiger partial charge in [0.2, 0.25) is 0 Å². The predicted molar refractivity (Wildman–Crippen MR) is 101 cm³/mol. The van der Waals surface area contributed by atoms with E-state index < -0.39 is 11.2 Å². The lowest BCUT2D eigenvalue weighted by Crippen LogP contribution is -2.63. The number of morpholine rings is 1. The van der Waals surface area contributed by atoms with Crippen LogP contribution in [0.1, 0.15) is 39.2 Å². The lowest BCUT2D eigenvalue weighted by atomic mass is 9.76. The molecular weight excluding hydrogens is 344 g/mol. The number of hydrogen-bond acceptors (Lipinski definition) is 5. The summed E-state index contributed by atoms with van der Waals surface area (Å²) in [4.78, 5) is 18.6. The summed E-state index contributed by atoms with van der Waals surface area (Å²) in [5, 5.41) is 13.6. The summed E-state index contributed by atoms with van der Waals surface area (Å²) in [6.45, 7) is 6.41. The van der Waals surface area contributed by atoms with Gasteiger partial charge < -0.3 is 14.6 Å². The number of nitrogens with zero attached hydrogens (tertiary/aromatic N) is 2. The van der Waals surface area contributed by atoms with Gasteiger partial charge in [-0.1, -0.05) is 12.1 Å². The van der Waals surface area contributed by atoms with Crippen molar-refractivity contribution in [3.05, 3.63) is 42.2 Å². The van der Waals surface area contributed by atoms with E-state index in [0.29, 0.717) is 26.1 Å². The quantitative estimate of drug-likeness (QED) is 0.834. The summed E-state index contributed by atoms with van der Waals surface area (Å²) >= 11 is 0. The summed E-state index contributed by atoms with van der Waals surface area (Å²) in [6.07, 6.45) is 4.10. The fourth-order valence-electron chi connectivity index (χ4n) is 4.20. The van der Waals surface area contributed by atoms with Crippen LogP contribution in [0, 0.1) is 0 Å². The van der Waals surface area contributed by atoms with Crippen LogP contribution in [-0.2, 0) is 15.1 Å². The van der Waals surface area contributed by atoms with Gasteiger partial charge in [-0.05, 0) is 43.9 Å². The predicted octanol–water partition coefficient (Wildman–Crippen LogP) is 3.22. The number of aliphatic hydroxyl groups is 1. The molecule has 2 atom stereocenters. The zero-order valence-corrected chi connectivity index (χ0v) is 16.0. The average Bonchev–Trinajstić information content (AvgIpc) is 2.59. The molecule has 2 saturated heterocycles. The molecule has 1 amide bonds. The van der Waals surface area contributed by atoms with Gasteiger partial charge in [-0.2, -0.15) is 0 Å². The molecule has 2 aromatic rings. The third-order valence-electron chi connectivity index (χ3n) is 5.34. The highest BCUT2D eigenvalue weighted by Crippen LogP contribution is 2.42. The zero-order valence-electron chi connectivity index (χ0n) is 16.0. The molecule has 1 aromatic heterocycles. The van der Waals surface area contributed by atoms with E-state index in [9.17, 15) is 9.90 Å². The second kappa shape index (κ2) is 6.46. The van der Waals surface area contributed by atoms with Crippen molar-refractivity contribution in [1.29, 1.82) is 0 Å². The molecule has 0 radical (unpaired) electrons. The Morgan fingerprint density at radius 2 is 1.93 bits per heavy atom. The second-order valence-corrected chi connectivity index (χ2v) is 8.61. The maximum Gasteiger partial charge on any atom is 0.410 e. The molecule has 2 aliphatic heterocycles. The van der Waals surface area contributed by atoms with Crippen LogP contribution in [0.15, 0.2) is 36.7 Å². The van der Waals surface area contributed by atoms with Crippen molar-refractivity contribution in [2.45, 2.75) is 56.9 Å². The van der Waals surface area contributed by atoms with Crippen LogP contribution in [0.5, 0.6) is 0 Å². The molecule has 1 N–H and O–H groups in total. The Bertz CT molecular complexity index is 847. The number of carbonyl (C=O) groups excluding carboxylic acids is 1. The summed E-state index contributed by atoms with van der Waals surface area (Å²) in [5.74, 6) is 0. The first-order valence-corrected chi connectivity index (χ1v) is 9.41. The van der Waals surface area contributed by atoms with Gasteiger partial charge in [-0.15, -0.1) is 0 Å². The number of rotatable bonds is 1. The molecule has 0 aliphatic carbocycles. The van der Waals surface area contributed by atoms with Gasteiger partial charge in [-0.25, -0.2) is 4.79 Å². The van der Waals surface area contributed by atoms with E-state index >= 15 is 0 Å². The topological polar surface area (TPSA) is 71.9 Å². The molecule has 0 spiro atoms. The fraction of sp³-hybridized carbons (Fsp3) is 0.524. The van der Waals surface area contributed by atoms with Crippen molar-refractivity contribution in [1.82, 2.24) is 9.88 Å². The fourth-order valence-corrected chi connectivity index (χ4v) is 4.20. The largest absolute Gasteiger partial charge is 0.444 e. The molecule has 0 saturated carbocycles. The maximum atomic E-state index is 12.7. The number of benzene rings is 1. The van der Waals surface area contributed by atoms with E-state index in [4.69, 9.17) is 9.47 Å². The maximum absolute atomic E-state index is 12.7. The van der Waals surface area contributed by atoms with Crippen LogP contribution < -0.4 is 0 Å². The first-order valence-electron chi connectivity index (χ1n) is 9.41. The third-order valence-corrected chi connectivity index (χ3v) is 5.34. The molecule has 1 aromatic carbocycles. The number of carbonyl (C=O) groups is 1. The molecule has 4 rings (SSSR count). The Hall–Kier alpha value is -2.18. The Morgan fingerprint density at radius 3 is 2.59 bits per heavy atom. The van der Waals surface area contributed by atoms with E-state index in [0.717, 1.165) is 16.3 Å². The minimum Gasteiger partial charge on any atom is -0.444 e. The molecule has 144 valence electrons. The van der Waals surface area contributed by atoms with E-state index in [2.05, 4.69) is 4.98 Å². The Morgan fingerprint density at radius 1 is 1.22 bits per heavy atom. The number of amides is 1. The lowest BCUT2D eigenvalue weighted by Gasteiger charge is -2.51. The average molecular weight is 370 g/mol. The van der Waals surface area contributed by atoms with Crippen molar-refractivity contribution >= 4 is 16.9 Å². The van der Waals surface area contributed by atoms with E-state index in [1.54, 1.807) is 11.1 Å². The SMILES string of the molecule is CC(C)(C)OC(=O)N1C2COCC1CC(O)(c1ccc3cnccc3c1)C2. The molecule has 27 heavy (non-hydrogen) atoms. The number of piperidine rings is 1. The Kier molecular flexibility index (Phi) is 4.35. The van der Waals surface area contributed by atoms with Crippen molar-refractivity contribution in [3.63, 3.8) is 0 Å². The van der Waals surface area contributed by atoms with E-state index in [-0.39, 0.29) is 18.2 Å². The monoisotopic (exact) mass is 370 g/mol. The second-order valence-electron chi connectivity index (χ2n) is 8.61. The van der Waals surface area contributed by atoms with Crippen LogP contribution in [0.25, 0.3) is 10.8 Å². The molecule has 2 aliphatic rings. The van der Waals surface area contributed by atoms with Crippen molar-refractivity contribution in [2.75, 3.05) is 13.2 Å². The summed E-state index contributed by atoms with van der Waals surface area (Å²) < 4.78 is 11.3. The summed E-state index contributed by atoms with van der Waals surface area (Å²) in [6, 6.07) is 7.51. The highest BCUT2D eigenvalue weighted by molar-refractivity contribution is 5.82. The molecule has 3 heterocycles. The van der Waals surface area contributed by atoms with Crippen LogP contribution in [0.2, 0.25) is 0 Å². The number of fused-ring (bicyclic) bond motifs is 3. The molecule has 6 nitrogen and oxygen atoms in total. The highest BCUT2D eigenvalue weighted by Gasteiger charge is 2.49.